The van der Waals surface area contributed by atoms with Crippen LogP contribution in [-0.4, -0.2) is 35.9 Å². The molecule has 1 aliphatic heterocycles. The number of rotatable bonds is 6. The highest BCUT2D eigenvalue weighted by Crippen LogP contribution is 2.27. The second-order valence-corrected chi connectivity index (χ2v) is 6.47. The zero-order chi connectivity index (χ0) is 21.0. The fourth-order valence-electron chi connectivity index (χ4n) is 3.04. The highest BCUT2D eigenvalue weighted by molar-refractivity contribution is 6.03. The van der Waals surface area contributed by atoms with Crippen molar-refractivity contribution in [3.8, 4) is 0 Å². The van der Waals surface area contributed by atoms with Crippen LogP contribution in [0.3, 0.4) is 0 Å². The van der Waals surface area contributed by atoms with Gasteiger partial charge in [-0.3, -0.25) is 19.7 Å². The summed E-state index contributed by atoms with van der Waals surface area (Å²) < 4.78 is 4.91. The van der Waals surface area contributed by atoms with Crippen LogP contribution in [0.5, 0.6) is 0 Å². The Labute approximate surface area is 166 Å². The molecule has 9 heteroatoms. The highest BCUT2D eigenvalue weighted by Gasteiger charge is 2.35. The van der Waals surface area contributed by atoms with Crippen LogP contribution in [0.15, 0.2) is 48.5 Å². The monoisotopic (exact) mass is 397 g/mol. The Bertz CT molecular complexity index is 940. The number of ether oxygens (including phenoxy) is 1. The zero-order valence-electron chi connectivity index (χ0n) is 15.7. The number of carbonyl (C=O) groups is 3. The van der Waals surface area contributed by atoms with E-state index in [-0.39, 0.29) is 37.1 Å². The molecule has 2 aromatic carbocycles. The SMILES string of the molecule is CCOC(=O)c1ccc(NC(=O)[C@@H]2CC(=O)N(c3ccc([N+](=O)[O-])cc3)C2)cc1. The van der Waals surface area contributed by atoms with Gasteiger partial charge >= 0.3 is 5.97 Å². The molecule has 150 valence electrons. The van der Waals surface area contributed by atoms with E-state index in [4.69, 9.17) is 4.74 Å². The molecule has 1 saturated heterocycles. The molecule has 1 N–H and O–H groups in total. The van der Waals surface area contributed by atoms with Gasteiger partial charge in [-0.2, -0.15) is 0 Å². The number of carbonyl (C=O) groups excluding carboxylic acids is 3. The minimum Gasteiger partial charge on any atom is -0.462 e. The molecule has 2 amide bonds. The summed E-state index contributed by atoms with van der Waals surface area (Å²) in [6, 6.07) is 11.9. The molecule has 0 bridgehead atoms. The third-order valence-corrected chi connectivity index (χ3v) is 4.53. The van der Waals surface area contributed by atoms with Gasteiger partial charge in [-0.1, -0.05) is 0 Å². The zero-order valence-corrected chi connectivity index (χ0v) is 15.7. The van der Waals surface area contributed by atoms with Crippen molar-refractivity contribution in [2.24, 2.45) is 5.92 Å². The fourth-order valence-corrected chi connectivity index (χ4v) is 3.04. The number of nitro groups is 1. The number of hydrogen-bond donors (Lipinski definition) is 1. The van der Waals surface area contributed by atoms with Gasteiger partial charge in [0.25, 0.3) is 5.69 Å². The van der Waals surface area contributed by atoms with E-state index < -0.39 is 16.8 Å². The van der Waals surface area contributed by atoms with Gasteiger partial charge in [0.2, 0.25) is 11.8 Å². The average molecular weight is 397 g/mol. The van der Waals surface area contributed by atoms with Crippen LogP contribution in [0, 0.1) is 16.0 Å². The van der Waals surface area contributed by atoms with Crippen molar-refractivity contribution in [3.05, 3.63) is 64.2 Å². The average Bonchev–Trinajstić information content (AvgIpc) is 3.10. The third kappa shape index (κ3) is 4.57. The second kappa shape index (κ2) is 8.51. The first-order chi connectivity index (χ1) is 13.9. The van der Waals surface area contributed by atoms with E-state index in [1.165, 1.54) is 29.2 Å². The number of hydrogen-bond acceptors (Lipinski definition) is 6. The smallest absolute Gasteiger partial charge is 0.338 e. The van der Waals surface area contributed by atoms with E-state index >= 15 is 0 Å². The predicted molar refractivity (Wildman–Crippen MR) is 105 cm³/mol. The molecule has 1 heterocycles. The van der Waals surface area contributed by atoms with Gasteiger partial charge in [0.1, 0.15) is 0 Å². The van der Waals surface area contributed by atoms with Gasteiger partial charge in [0, 0.05) is 36.5 Å². The second-order valence-electron chi connectivity index (χ2n) is 6.47. The first-order valence-electron chi connectivity index (χ1n) is 9.02. The summed E-state index contributed by atoms with van der Waals surface area (Å²) in [4.78, 5) is 48.2. The summed E-state index contributed by atoms with van der Waals surface area (Å²) in [5.74, 6) is -1.53. The maximum atomic E-state index is 12.5. The van der Waals surface area contributed by atoms with Gasteiger partial charge in [-0.15, -0.1) is 0 Å². The number of nitrogens with one attached hydrogen (secondary N) is 1. The van der Waals surface area contributed by atoms with Gasteiger partial charge in [-0.25, -0.2) is 4.79 Å². The van der Waals surface area contributed by atoms with E-state index in [2.05, 4.69) is 5.32 Å². The molecule has 0 aromatic heterocycles. The lowest BCUT2D eigenvalue weighted by atomic mass is 10.1. The number of amides is 2. The Balaban J connectivity index is 1.63. The topological polar surface area (TPSA) is 119 Å². The lowest BCUT2D eigenvalue weighted by molar-refractivity contribution is -0.384. The summed E-state index contributed by atoms with van der Waals surface area (Å²) in [7, 11) is 0. The standard InChI is InChI=1S/C20H19N3O6/c1-2-29-20(26)13-3-5-15(6-4-13)21-19(25)14-11-18(24)22(12-14)16-7-9-17(10-8-16)23(27)28/h3-10,14H,2,11-12H2,1H3,(H,21,25)/t14-/m1/s1. The molecule has 1 fully saturated rings. The van der Waals surface area contributed by atoms with Crippen molar-refractivity contribution in [2.75, 3.05) is 23.4 Å². The lowest BCUT2D eigenvalue weighted by Crippen LogP contribution is -2.28. The maximum Gasteiger partial charge on any atom is 0.338 e. The van der Waals surface area contributed by atoms with Crippen molar-refractivity contribution >= 4 is 34.8 Å². The summed E-state index contributed by atoms with van der Waals surface area (Å²) in [6.07, 6.45) is 0.0454. The summed E-state index contributed by atoms with van der Waals surface area (Å²) in [6.45, 7) is 2.18. The molecule has 3 rings (SSSR count). The number of non-ortho nitro benzene ring substituents is 1. The van der Waals surface area contributed by atoms with Crippen molar-refractivity contribution in [2.45, 2.75) is 13.3 Å². The first-order valence-corrected chi connectivity index (χ1v) is 9.02. The fraction of sp³-hybridized carbons (Fsp3) is 0.250. The van der Waals surface area contributed by atoms with Crippen LogP contribution in [0.25, 0.3) is 0 Å². The summed E-state index contributed by atoms with van der Waals surface area (Å²) in [5, 5.41) is 13.5. The maximum absolute atomic E-state index is 12.5. The summed E-state index contributed by atoms with van der Waals surface area (Å²) in [5.41, 5.74) is 1.32. The lowest BCUT2D eigenvalue weighted by Gasteiger charge is -2.16. The van der Waals surface area contributed by atoms with E-state index in [9.17, 15) is 24.5 Å². The van der Waals surface area contributed by atoms with Crippen LogP contribution in [0.1, 0.15) is 23.7 Å². The van der Waals surface area contributed by atoms with E-state index in [0.717, 1.165) is 0 Å². The van der Waals surface area contributed by atoms with Crippen LogP contribution in [0.2, 0.25) is 0 Å². The van der Waals surface area contributed by atoms with Crippen molar-refractivity contribution in [1.82, 2.24) is 0 Å². The Morgan fingerprint density at radius 2 is 1.83 bits per heavy atom. The largest absolute Gasteiger partial charge is 0.462 e. The van der Waals surface area contributed by atoms with Crippen molar-refractivity contribution in [3.63, 3.8) is 0 Å². The molecular weight excluding hydrogens is 378 g/mol. The molecule has 0 spiro atoms. The molecule has 0 radical (unpaired) electrons. The van der Waals surface area contributed by atoms with Gasteiger partial charge in [-0.05, 0) is 43.3 Å². The molecule has 0 unspecified atom stereocenters. The summed E-state index contributed by atoms with van der Waals surface area (Å²) >= 11 is 0. The van der Waals surface area contributed by atoms with Gasteiger partial charge < -0.3 is 15.0 Å². The molecule has 0 saturated carbocycles. The van der Waals surface area contributed by atoms with Crippen LogP contribution >= 0.6 is 0 Å². The van der Waals surface area contributed by atoms with E-state index in [0.29, 0.717) is 16.9 Å². The predicted octanol–water partition coefficient (Wildman–Crippen LogP) is 2.76. The van der Waals surface area contributed by atoms with Crippen molar-refractivity contribution < 1.29 is 24.0 Å². The number of benzene rings is 2. The third-order valence-electron chi connectivity index (χ3n) is 4.53. The minimum atomic E-state index is -0.553. The molecule has 2 aromatic rings. The number of nitro benzene ring substituents is 1. The quantitative estimate of drug-likeness (QED) is 0.455. The molecule has 1 atom stereocenters. The Morgan fingerprint density at radius 3 is 2.41 bits per heavy atom. The van der Waals surface area contributed by atoms with E-state index in [1.54, 1.807) is 31.2 Å². The van der Waals surface area contributed by atoms with E-state index in [1.807, 2.05) is 0 Å². The Kier molecular flexibility index (Phi) is 5.87. The van der Waals surface area contributed by atoms with Crippen LogP contribution in [0.4, 0.5) is 17.1 Å². The van der Waals surface area contributed by atoms with Crippen LogP contribution in [-0.2, 0) is 14.3 Å². The van der Waals surface area contributed by atoms with Gasteiger partial charge in [0.15, 0.2) is 0 Å². The number of nitrogens with zero attached hydrogens (tertiary/aromatic N) is 2. The number of esters is 1. The highest BCUT2D eigenvalue weighted by atomic mass is 16.6. The minimum absolute atomic E-state index is 0.0454. The van der Waals surface area contributed by atoms with Crippen molar-refractivity contribution in [1.29, 1.82) is 0 Å². The molecule has 0 aliphatic carbocycles. The van der Waals surface area contributed by atoms with Crippen LogP contribution < -0.4 is 10.2 Å². The molecule has 29 heavy (non-hydrogen) atoms. The Hall–Kier alpha value is -3.75. The molecule has 1 aliphatic rings. The molecular formula is C20H19N3O6. The normalized spacial score (nSPS) is 15.8. The van der Waals surface area contributed by atoms with Gasteiger partial charge in [0.05, 0.1) is 23.0 Å². The first kappa shape index (κ1) is 20.0. The molecule has 9 nitrogen and oxygen atoms in total. The number of anilines is 2. The Morgan fingerprint density at radius 1 is 1.17 bits per heavy atom.